The Morgan fingerprint density at radius 3 is 2.68 bits per heavy atom. The molecule has 0 saturated carbocycles. The number of amides is 1. The molecule has 1 fully saturated rings. The SMILES string of the molecule is Cc1cccc(N2C[C@H](C(=O)Oc3ccccc3C=O)CC2=O)c1C. The average molecular weight is 337 g/mol. The maximum atomic E-state index is 12.4. The Morgan fingerprint density at radius 2 is 1.92 bits per heavy atom. The summed E-state index contributed by atoms with van der Waals surface area (Å²) in [5.74, 6) is -0.915. The molecule has 0 spiro atoms. The van der Waals surface area contributed by atoms with E-state index in [2.05, 4.69) is 0 Å². The number of benzene rings is 2. The minimum absolute atomic E-state index is 0.0978. The largest absolute Gasteiger partial charge is 0.425 e. The van der Waals surface area contributed by atoms with Gasteiger partial charge in [-0.2, -0.15) is 0 Å². The number of hydrogen-bond acceptors (Lipinski definition) is 4. The van der Waals surface area contributed by atoms with Gasteiger partial charge in [0.25, 0.3) is 0 Å². The van der Waals surface area contributed by atoms with Gasteiger partial charge in [-0.3, -0.25) is 14.4 Å². The van der Waals surface area contributed by atoms with Crippen LogP contribution in [0.4, 0.5) is 5.69 Å². The summed E-state index contributed by atoms with van der Waals surface area (Å²) in [6.07, 6.45) is 0.750. The highest BCUT2D eigenvalue weighted by molar-refractivity contribution is 6.00. The van der Waals surface area contributed by atoms with Crippen molar-refractivity contribution in [3.63, 3.8) is 0 Å². The number of carbonyl (C=O) groups excluding carboxylic acids is 3. The van der Waals surface area contributed by atoms with Crippen molar-refractivity contribution in [1.29, 1.82) is 0 Å². The fourth-order valence-corrected chi connectivity index (χ4v) is 2.99. The van der Waals surface area contributed by atoms with Gasteiger partial charge in [-0.25, -0.2) is 0 Å². The lowest BCUT2D eigenvalue weighted by Gasteiger charge is -2.20. The molecule has 0 bridgehead atoms. The third-order valence-electron chi connectivity index (χ3n) is 4.58. The van der Waals surface area contributed by atoms with Gasteiger partial charge >= 0.3 is 5.97 Å². The molecule has 5 heteroatoms. The quantitative estimate of drug-likeness (QED) is 0.489. The fourth-order valence-electron chi connectivity index (χ4n) is 2.99. The van der Waals surface area contributed by atoms with E-state index < -0.39 is 11.9 Å². The van der Waals surface area contributed by atoms with E-state index in [4.69, 9.17) is 4.74 Å². The summed E-state index contributed by atoms with van der Waals surface area (Å²) in [6, 6.07) is 12.3. The predicted molar refractivity (Wildman–Crippen MR) is 93.8 cm³/mol. The van der Waals surface area contributed by atoms with Gasteiger partial charge in [0.2, 0.25) is 5.91 Å². The molecule has 1 aliphatic rings. The first-order valence-electron chi connectivity index (χ1n) is 8.13. The van der Waals surface area contributed by atoms with E-state index >= 15 is 0 Å². The molecule has 25 heavy (non-hydrogen) atoms. The average Bonchev–Trinajstić information content (AvgIpc) is 2.99. The van der Waals surface area contributed by atoms with Crippen molar-refractivity contribution in [2.45, 2.75) is 20.3 Å². The number of ether oxygens (including phenoxy) is 1. The molecule has 1 amide bonds. The minimum Gasteiger partial charge on any atom is -0.425 e. The molecule has 1 aliphatic heterocycles. The molecule has 0 aromatic heterocycles. The van der Waals surface area contributed by atoms with Crippen molar-refractivity contribution in [2.24, 2.45) is 5.92 Å². The molecular formula is C20H19NO4. The number of nitrogens with zero attached hydrogens (tertiary/aromatic N) is 1. The first kappa shape index (κ1) is 16.9. The van der Waals surface area contributed by atoms with Crippen molar-refractivity contribution >= 4 is 23.9 Å². The molecule has 1 heterocycles. The molecular weight excluding hydrogens is 318 g/mol. The maximum absolute atomic E-state index is 12.4. The van der Waals surface area contributed by atoms with Crippen LogP contribution in [0.5, 0.6) is 5.75 Å². The highest BCUT2D eigenvalue weighted by atomic mass is 16.5. The van der Waals surface area contributed by atoms with E-state index in [0.717, 1.165) is 16.8 Å². The predicted octanol–water partition coefficient (Wildman–Crippen LogP) is 3.07. The monoisotopic (exact) mass is 337 g/mol. The number of carbonyl (C=O) groups is 3. The number of hydrogen-bond donors (Lipinski definition) is 0. The zero-order chi connectivity index (χ0) is 18.0. The van der Waals surface area contributed by atoms with Gasteiger partial charge in [0.15, 0.2) is 6.29 Å². The zero-order valence-corrected chi connectivity index (χ0v) is 14.2. The lowest BCUT2D eigenvalue weighted by Crippen LogP contribution is -2.28. The molecule has 2 aromatic carbocycles. The lowest BCUT2D eigenvalue weighted by atomic mass is 10.1. The Balaban J connectivity index is 1.77. The molecule has 128 valence electrons. The Bertz CT molecular complexity index is 843. The highest BCUT2D eigenvalue weighted by Crippen LogP contribution is 2.30. The number of esters is 1. The second kappa shape index (κ2) is 6.89. The topological polar surface area (TPSA) is 63.7 Å². The minimum atomic E-state index is -0.549. The van der Waals surface area contributed by atoms with Crippen molar-refractivity contribution in [2.75, 3.05) is 11.4 Å². The van der Waals surface area contributed by atoms with Crippen LogP contribution in [0.1, 0.15) is 27.9 Å². The summed E-state index contributed by atoms with van der Waals surface area (Å²) in [4.78, 5) is 37.5. The van der Waals surface area contributed by atoms with Crippen LogP contribution in [0.3, 0.4) is 0 Å². The van der Waals surface area contributed by atoms with Crippen LogP contribution in [0.25, 0.3) is 0 Å². The molecule has 0 radical (unpaired) electrons. The number of aryl methyl sites for hydroxylation is 1. The van der Waals surface area contributed by atoms with E-state index in [1.165, 1.54) is 0 Å². The van der Waals surface area contributed by atoms with Crippen molar-refractivity contribution in [1.82, 2.24) is 0 Å². The van der Waals surface area contributed by atoms with E-state index in [1.807, 2.05) is 32.0 Å². The molecule has 3 rings (SSSR count). The van der Waals surface area contributed by atoms with E-state index in [9.17, 15) is 14.4 Å². The molecule has 5 nitrogen and oxygen atoms in total. The first-order chi connectivity index (χ1) is 12.0. The van der Waals surface area contributed by atoms with Crippen LogP contribution < -0.4 is 9.64 Å². The number of anilines is 1. The van der Waals surface area contributed by atoms with Crippen LogP contribution in [0, 0.1) is 19.8 Å². The second-order valence-corrected chi connectivity index (χ2v) is 6.20. The maximum Gasteiger partial charge on any atom is 0.316 e. The van der Waals surface area contributed by atoms with Crippen LogP contribution >= 0.6 is 0 Å². The smallest absolute Gasteiger partial charge is 0.316 e. The summed E-state index contributed by atoms with van der Waals surface area (Å²) in [5.41, 5.74) is 3.26. The zero-order valence-electron chi connectivity index (χ0n) is 14.2. The van der Waals surface area contributed by atoms with Crippen LogP contribution in [0.15, 0.2) is 42.5 Å². The van der Waals surface area contributed by atoms with Crippen LogP contribution in [-0.4, -0.2) is 24.7 Å². The number of aldehydes is 1. The normalized spacial score (nSPS) is 16.8. The molecule has 0 unspecified atom stereocenters. The number of para-hydroxylation sites is 1. The van der Waals surface area contributed by atoms with Gasteiger partial charge in [-0.05, 0) is 43.2 Å². The molecule has 1 saturated heterocycles. The third kappa shape index (κ3) is 3.31. The Morgan fingerprint density at radius 1 is 1.16 bits per heavy atom. The van der Waals surface area contributed by atoms with E-state index in [-0.39, 0.29) is 24.6 Å². The summed E-state index contributed by atoms with van der Waals surface area (Å²) >= 11 is 0. The molecule has 0 aliphatic carbocycles. The summed E-state index contributed by atoms with van der Waals surface area (Å²) < 4.78 is 5.36. The van der Waals surface area contributed by atoms with Crippen molar-refractivity contribution in [3.05, 3.63) is 59.2 Å². The standard InChI is InChI=1S/C20H19NO4/c1-13-6-5-8-17(14(13)2)21-11-16(10-19(21)23)20(24)25-18-9-4-3-7-15(18)12-22/h3-9,12,16H,10-11H2,1-2H3/t16-/m1/s1. The summed E-state index contributed by atoms with van der Waals surface area (Å²) in [5, 5.41) is 0. The fraction of sp³-hybridized carbons (Fsp3) is 0.250. The molecule has 1 atom stereocenters. The van der Waals surface area contributed by atoms with Gasteiger partial charge in [-0.1, -0.05) is 24.3 Å². The lowest BCUT2D eigenvalue weighted by molar-refractivity contribution is -0.139. The Hall–Kier alpha value is -2.95. The van der Waals surface area contributed by atoms with Gasteiger partial charge in [0.1, 0.15) is 5.75 Å². The van der Waals surface area contributed by atoms with E-state index in [1.54, 1.807) is 29.2 Å². The van der Waals surface area contributed by atoms with Crippen LogP contribution in [0.2, 0.25) is 0 Å². The third-order valence-corrected chi connectivity index (χ3v) is 4.58. The van der Waals surface area contributed by atoms with Gasteiger partial charge in [-0.15, -0.1) is 0 Å². The van der Waals surface area contributed by atoms with Gasteiger partial charge < -0.3 is 9.64 Å². The van der Waals surface area contributed by atoms with Crippen molar-refractivity contribution < 1.29 is 19.1 Å². The van der Waals surface area contributed by atoms with Gasteiger partial charge in [0, 0.05) is 18.7 Å². The summed E-state index contributed by atoms with van der Waals surface area (Å²) in [6.45, 7) is 4.23. The summed E-state index contributed by atoms with van der Waals surface area (Å²) in [7, 11) is 0. The number of rotatable bonds is 4. The van der Waals surface area contributed by atoms with Crippen molar-refractivity contribution in [3.8, 4) is 5.75 Å². The van der Waals surface area contributed by atoms with E-state index in [0.29, 0.717) is 11.8 Å². The van der Waals surface area contributed by atoms with Crippen LogP contribution in [-0.2, 0) is 9.59 Å². The van der Waals surface area contributed by atoms with Gasteiger partial charge in [0.05, 0.1) is 11.5 Å². The molecule has 0 N–H and O–H groups in total. The highest BCUT2D eigenvalue weighted by Gasteiger charge is 2.37. The first-order valence-corrected chi connectivity index (χ1v) is 8.13. The molecule has 2 aromatic rings. The second-order valence-electron chi connectivity index (χ2n) is 6.20. The Kier molecular flexibility index (Phi) is 4.65. The Labute approximate surface area is 146 Å².